The lowest BCUT2D eigenvalue weighted by atomic mass is 9.69. The van der Waals surface area contributed by atoms with Gasteiger partial charge in [0.1, 0.15) is 0 Å². The maximum absolute atomic E-state index is 5.20. The lowest BCUT2D eigenvalue weighted by molar-refractivity contribution is -0.877. The Morgan fingerprint density at radius 3 is 1.42 bits per heavy atom. The minimum Gasteiger partial charge on any atom is -1.00 e. The first kappa shape index (κ1) is 26.1. The third-order valence-electron chi connectivity index (χ3n) is 6.77. The van der Waals surface area contributed by atoms with Gasteiger partial charge in [-0.3, -0.25) is 0 Å². The predicted octanol–water partition coefficient (Wildman–Crippen LogP) is 4.42. The van der Waals surface area contributed by atoms with Crippen molar-refractivity contribution in [3.05, 3.63) is 144 Å². The Hall–Kier alpha value is -3.02. The number of quaternary nitrogens is 1. The van der Waals surface area contributed by atoms with E-state index >= 15 is 0 Å². The summed E-state index contributed by atoms with van der Waals surface area (Å²) in [4.78, 5) is 0. The summed E-state index contributed by atoms with van der Waals surface area (Å²) in [6.45, 7) is 2.20. The van der Waals surface area contributed by atoms with Crippen LogP contribution in [0.4, 0.5) is 0 Å². The molecule has 3 heteroatoms. The normalized spacial score (nSPS) is 15.7. The highest BCUT2D eigenvalue weighted by atomic mass is 127. The molecule has 2 nitrogen and oxygen atoms in total. The molecule has 0 fully saturated rings. The Bertz CT molecular complexity index is 1300. The van der Waals surface area contributed by atoms with Gasteiger partial charge in [-0.25, -0.2) is 4.59 Å². The first-order valence-electron chi connectivity index (χ1n) is 12.3. The molecule has 0 heterocycles. The molecule has 1 aliphatic rings. The minimum atomic E-state index is -0.311. The van der Waals surface area contributed by atoms with Gasteiger partial charge in [-0.2, -0.15) is 0 Å². The summed E-state index contributed by atoms with van der Waals surface area (Å²) in [7, 11) is 6.37. The highest BCUT2D eigenvalue weighted by molar-refractivity contribution is 6.23. The predicted molar refractivity (Wildman–Crippen MR) is 148 cm³/mol. The van der Waals surface area contributed by atoms with Gasteiger partial charge in [0.15, 0.2) is 0 Å². The Labute approximate surface area is 232 Å². The van der Waals surface area contributed by atoms with E-state index in [1.807, 2.05) is 0 Å². The van der Waals surface area contributed by atoms with Crippen LogP contribution in [0, 0.1) is 0 Å². The van der Waals surface area contributed by atoms with Crippen LogP contribution >= 0.6 is 0 Å². The molecule has 182 valence electrons. The average molecular weight is 585 g/mol. The highest BCUT2D eigenvalue weighted by Crippen LogP contribution is 2.70. The molecule has 1 aliphatic carbocycles. The number of allylic oxidation sites excluding steroid dienone is 2. The largest absolute Gasteiger partial charge is 1.00 e. The Balaban J connectivity index is 0.00000304. The van der Waals surface area contributed by atoms with E-state index in [-0.39, 0.29) is 35.3 Å². The van der Waals surface area contributed by atoms with Gasteiger partial charge in [0.2, 0.25) is 0 Å². The van der Waals surface area contributed by atoms with E-state index < -0.39 is 0 Å². The molecule has 1 atom stereocenters. The number of rotatable bonds is 7. The van der Waals surface area contributed by atoms with E-state index in [4.69, 9.17) is 5.10 Å². The van der Waals surface area contributed by atoms with Crippen molar-refractivity contribution >= 4 is 16.9 Å². The van der Waals surface area contributed by atoms with E-state index in [2.05, 4.69) is 149 Å². The number of nitrogens with zero attached hydrogens (tertiary/aromatic N) is 2. The number of halogens is 1. The fourth-order valence-corrected chi connectivity index (χ4v) is 5.68. The zero-order valence-electron chi connectivity index (χ0n) is 21.4. The molecule has 0 bridgehead atoms. The first-order chi connectivity index (χ1) is 16.9. The molecule has 4 aromatic carbocycles. The molecule has 1 unspecified atom stereocenters. The fourth-order valence-electron chi connectivity index (χ4n) is 5.68. The van der Waals surface area contributed by atoms with Crippen LogP contribution in [-0.4, -0.2) is 31.4 Å². The molecule has 0 saturated heterocycles. The minimum absolute atomic E-state index is 0. The van der Waals surface area contributed by atoms with Crippen LogP contribution in [0.1, 0.15) is 35.1 Å². The van der Waals surface area contributed by atoms with Crippen molar-refractivity contribution in [1.82, 2.24) is 0 Å². The van der Waals surface area contributed by atoms with Crippen molar-refractivity contribution in [3.63, 3.8) is 0 Å². The molecule has 4 aromatic rings. The monoisotopic (exact) mass is 584 g/mol. The van der Waals surface area contributed by atoms with Crippen LogP contribution in [-0.2, 0) is 5.41 Å². The second-order valence-electron chi connectivity index (χ2n) is 10.2. The summed E-state index contributed by atoms with van der Waals surface area (Å²) in [5.41, 5.74) is 8.73. The molecule has 0 aliphatic heterocycles. The van der Waals surface area contributed by atoms with Gasteiger partial charge < -0.3 is 24.0 Å². The quantitative estimate of drug-likeness (QED) is 0.132. The van der Waals surface area contributed by atoms with Crippen LogP contribution in [0.3, 0.4) is 0 Å². The summed E-state index contributed by atoms with van der Waals surface area (Å²) < 4.78 is 0.529. The lowest BCUT2D eigenvalue weighted by Crippen LogP contribution is -3.00. The van der Waals surface area contributed by atoms with Crippen molar-refractivity contribution in [1.29, 1.82) is 0 Å². The van der Waals surface area contributed by atoms with Crippen LogP contribution in [0.5, 0.6) is 0 Å². The SMILES string of the molecule is CC(=N[N+](C)(C)C)C(c1ccccc1)C1(c2ccccc2)C(c2ccccc2)=C1c1ccccc1.[I-]. The number of hydrogen-bond donors (Lipinski definition) is 0. The van der Waals surface area contributed by atoms with Crippen molar-refractivity contribution in [3.8, 4) is 0 Å². The van der Waals surface area contributed by atoms with Gasteiger partial charge in [0, 0.05) is 5.92 Å². The number of hydrogen-bond acceptors (Lipinski definition) is 1. The Kier molecular flexibility index (Phi) is 7.62. The van der Waals surface area contributed by atoms with Gasteiger partial charge >= 0.3 is 0 Å². The van der Waals surface area contributed by atoms with E-state index in [0.717, 1.165) is 5.71 Å². The van der Waals surface area contributed by atoms with Crippen molar-refractivity contribution < 1.29 is 28.6 Å². The fraction of sp³-hybridized carbons (Fsp3) is 0.182. The van der Waals surface area contributed by atoms with Crippen LogP contribution in [0.25, 0.3) is 11.1 Å². The maximum atomic E-state index is 5.20. The van der Waals surface area contributed by atoms with E-state index in [0.29, 0.717) is 4.59 Å². The zero-order valence-corrected chi connectivity index (χ0v) is 23.6. The first-order valence-corrected chi connectivity index (χ1v) is 12.3. The smallest absolute Gasteiger partial charge is 0.0923 e. The summed E-state index contributed by atoms with van der Waals surface area (Å²) in [6.07, 6.45) is 0. The Morgan fingerprint density at radius 2 is 1.00 bits per heavy atom. The Morgan fingerprint density at radius 1 is 0.611 bits per heavy atom. The van der Waals surface area contributed by atoms with Crippen LogP contribution in [0.15, 0.2) is 126 Å². The molecular weight excluding hydrogens is 551 g/mol. The molecular formula is C33H33IN2. The van der Waals surface area contributed by atoms with E-state index in [9.17, 15) is 0 Å². The third-order valence-corrected chi connectivity index (χ3v) is 6.77. The molecule has 0 amide bonds. The average Bonchev–Trinajstić information content (AvgIpc) is 3.56. The van der Waals surface area contributed by atoms with Gasteiger partial charge in [-0.15, -0.1) is 0 Å². The molecule has 0 saturated carbocycles. The topological polar surface area (TPSA) is 12.4 Å². The second kappa shape index (κ2) is 10.5. The summed E-state index contributed by atoms with van der Waals surface area (Å²) >= 11 is 0. The molecule has 0 N–H and O–H groups in total. The maximum Gasteiger partial charge on any atom is 0.0923 e. The lowest BCUT2D eigenvalue weighted by Gasteiger charge is -2.33. The molecule has 5 rings (SSSR count). The summed E-state index contributed by atoms with van der Waals surface area (Å²) in [5, 5.41) is 5.20. The molecule has 0 radical (unpaired) electrons. The highest BCUT2D eigenvalue weighted by Gasteiger charge is 2.61. The van der Waals surface area contributed by atoms with E-state index in [1.165, 1.54) is 33.4 Å². The van der Waals surface area contributed by atoms with Gasteiger partial charge in [0.25, 0.3) is 0 Å². The van der Waals surface area contributed by atoms with Crippen molar-refractivity contribution in [2.45, 2.75) is 18.3 Å². The zero-order chi connectivity index (χ0) is 24.5. The standard InChI is InChI=1S/C33H33N2.HI/c1-25(34-35(2,3)4)30(26-17-9-5-10-18-26)33(29-23-15-8-16-24-29)31(27-19-11-6-12-20-27)32(33)28-21-13-7-14-22-28;/h5-24,30H,1-4H3;1H/q+1;/p-1. The third kappa shape index (κ3) is 4.82. The number of benzene rings is 4. The van der Waals surface area contributed by atoms with Crippen molar-refractivity contribution in [2.24, 2.45) is 5.10 Å². The molecule has 0 spiro atoms. The van der Waals surface area contributed by atoms with Gasteiger partial charge in [0.05, 0.1) is 32.3 Å². The van der Waals surface area contributed by atoms with E-state index in [1.54, 1.807) is 0 Å². The van der Waals surface area contributed by atoms with Crippen LogP contribution in [0.2, 0.25) is 0 Å². The molecule has 0 aromatic heterocycles. The molecule has 36 heavy (non-hydrogen) atoms. The second-order valence-corrected chi connectivity index (χ2v) is 10.2. The van der Waals surface area contributed by atoms with Gasteiger partial charge in [-0.05, 0) is 40.3 Å². The summed E-state index contributed by atoms with van der Waals surface area (Å²) in [5.74, 6) is 0.0638. The summed E-state index contributed by atoms with van der Waals surface area (Å²) in [6, 6.07) is 43.7. The van der Waals surface area contributed by atoms with Crippen LogP contribution < -0.4 is 24.0 Å². The van der Waals surface area contributed by atoms with Crippen molar-refractivity contribution in [2.75, 3.05) is 21.1 Å². The van der Waals surface area contributed by atoms with Gasteiger partial charge in [-0.1, -0.05) is 126 Å².